The summed E-state index contributed by atoms with van der Waals surface area (Å²) in [5.74, 6) is -0.517. The maximum atomic E-state index is 14.6. The molecule has 5 aromatic rings. The maximum Gasteiger partial charge on any atom is 0.255 e. The molecule has 5 nitrogen and oxygen atoms in total. The van der Waals surface area contributed by atoms with Crippen molar-refractivity contribution in [3.8, 4) is 0 Å². The molecule has 3 N–H and O–H groups in total. The minimum atomic E-state index is -0.410. The fraction of sp³-hybridized carbons (Fsp3) is 0.0714. The quantitative estimate of drug-likeness (QED) is 0.278. The first-order valence-electron chi connectivity index (χ1n) is 11.0. The molecule has 5 rings (SSSR count). The highest BCUT2D eigenvalue weighted by Gasteiger charge is 2.23. The van der Waals surface area contributed by atoms with Crippen molar-refractivity contribution in [3.63, 3.8) is 0 Å². The number of aryl methyl sites for hydroxylation is 1. The highest BCUT2D eigenvalue weighted by Crippen LogP contribution is 2.35. The summed E-state index contributed by atoms with van der Waals surface area (Å²) in [7, 11) is 0. The van der Waals surface area contributed by atoms with Gasteiger partial charge in [0.25, 0.3) is 5.91 Å². The molecule has 0 aliphatic rings. The average Bonchev–Trinajstić information content (AvgIpc) is 3.19. The van der Waals surface area contributed by atoms with E-state index in [0.717, 1.165) is 27.9 Å². The number of aromatic nitrogens is 2. The molecule has 0 spiro atoms. The second kappa shape index (κ2) is 9.19. The Hall–Kier alpha value is -4.45. The third-order valence-electron chi connectivity index (χ3n) is 5.78. The summed E-state index contributed by atoms with van der Waals surface area (Å²) >= 11 is 0. The molecule has 1 amide bonds. The van der Waals surface area contributed by atoms with E-state index in [4.69, 9.17) is 0 Å². The molecule has 0 saturated carbocycles. The van der Waals surface area contributed by atoms with Crippen LogP contribution >= 0.6 is 0 Å². The lowest BCUT2D eigenvalue weighted by atomic mass is 9.98. The van der Waals surface area contributed by atoms with Gasteiger partial charge in [0, 0.05) is 39.6 Å². The van der Waals surface area contributed by atoms with Gasteiger partial charge in [-0.05, 0) is 61.5 Å². The maximum absolute atomic E-state index is 14.6. The van der Waals surface area contributed by atoms with Crippen LogP contribution in [-0.4, -0.2) is 15.9 Å². The molecule has 0 aliphatic heterocycles. The molecule has 0 aliphatic carbocycles. The fourth-order valence-corrected chi connectivity index (χ4v) is 4.16. The summed E-state index contributed by atoms with van der Waals surface area (Å²) in [5, 5.41) is 7.23. The summed E-state index contributed by atoms with van der Waals surface area (Å²) in [4.78, 5) is 20.7. The van der Waals surface area contributed by atoms with Gasteiger partial charge in [-0.1, -0.05) is 36.4 Å². The van der Waals surface area contributed by atoms with Gasteiger partial charge in [-0.2, -0.15) is 0 Å². The van der Waals surface area contributed by atoms with Crippen LogP contribution in [0.25, 0.3) is 10.9 Å². The predicted molar refractivity (Wildman–Crippen MR) is 134 cm³/mol. The van der Waals surface area contributed by atoms with Crippen LogP contribution in [0.15, 0.2) is 97.2 Å². The Morgan fingerprint density at radius 1 is 0.941 bits per heavy atom. The number of H-pyrrole nitrogens is 1. The minimum absolute atomic E-state index is 0.181. The van der Waals surface area contributed by atoms with E-state index in [1.54, 1.807) is 36.5 Å². The highest BCUT2D eigenvalue weighted by atomic mass is 19.1. The van der Waals surface area contributed by atoms with Crippen LogP contribution in [0.5, 0.6) is 0 Å². The van der Waals surface area contributed by atoms with Crippen LogP contribution in [0, 0.1) is 12.7 Å². The molecular weight excluding hydrogens is 427 g/mol. The number of nitrogens with zero attached hydrogens (tertiary/aromatic N) is 1. The Balaban J connectivity index is 1.58. The van der Waals surface area contributed by atoms with Crippen molar-refractivity contribution in [2.75, 3.05) is 10.6 Å². The molecule has 6 heteroatoms. The molecule has 0 bridgehead atoms. The van der Waals surface area contributed by atoms with Gasteiger partial charge in [0.15, 0.2) is 0 Å². The van der Waals surface area contributed by atoms with Crippen LogP contribution in [0.1, 0.15) is 33.4 Å². The van der Waals surface area contributed by atoms with Crippen molar-refractivity contribution < 1.29 is 9.18 Å². The number of hydrogen-bond donors (Lipinski definition) is 3. The Morgan fingerprint density at radius 3 is 2.47 bits per heavy atom. The molecule has 168 valence electrons. The first-order valence-corrected chi connectivity index (χ1v) is 11.0. The standard InChI is InChI=1S/C28H23FN4O/c1-18-26(27(25-13-7-8-16-30-25)33-24-12-6-5-11-22(24)29)21-17-20(14-15-23(21)31-18)32-28(34)19-9-3-2-4-10-19/h2-17,27,31,33H,1H3,(H,32,34)/t27-/m1/s1. The molecule has 3 aromatic carbocycles. The molecule has 34 heavy (non-hydrogen) atoms. The number of nitrogens with one attached hydrogen (secondary N) is 3. The van der Waals surface area contributed by atoms with Crippen LogP contribution < -0.4 is 10.6 Å². The highest BCUT2D eigenvalue weighted by molar-refractivity contribution is 6.05. The monoisotopic (exact) mass is 450 g/mol. The van der Waals surface area contributed by atoms with Crippen molar-refractivity contribution >= 4 is 28.2 Å². The number of halogens is 1. The minimum Gasteiger partial charge on any atom is -0.370 e. The average molecular weight is 451 g/mol. The molecule has 0 saturated heterocycles. The number of rotatable bonds is 6. The number of fused-ring (bicyclic) bond motifs is 1. The Labute approximate surface area is 196 Å². The van der Waals surface area contributed by atoms with E-state index in [1.165, 1.54) is 6.07 Å². The summed E-state index contributed by atoms with van der Waals surface area (Å²) in [5.41, 5.74) is 5.19. The van der Waals surface area contributed by atoms with Crippen LogP contribution in [-0.2, 0) is 0 Å². The zero-order chi connectivity index (χ0) is 23.5. The Bertz CT molecular complexity index is 1450. The Morgan fingerprint density at radius 2 is 1.71 bits per heavy atom. The summed E-state index contributed by atoms with van der Waals surface area (Å²) < 4.78 is 14.6. The largest absolute Gasteiger partial charge is 0.370 e. The molecular formula is C28H23FN4O. The Kier molecular flexibility index (Phi) is 5.79. The second-order valence-electron chi connectivity index (χ2n) is 8.06. The number of amides is 1. The molecule has 0 fully saturated rings. The van der Waals surface area contributed by atoms with Crippen LogP contribution in [0.3, 0.4) is 0 Å². The normalized spacial score (nSPS) is 11.8. The number of anilines is 2. The zero-order valence-electron chi connectivity index (χ0n) is 18.5. The van der Waals surface area contributed by atoms with Crippen molar-refractivity contribution in [2.24, 2.45) is 0 Å². The van der Waals surface area contributed by atoms with E-state index in [9.17, 15) is 9.18 Å². The van der Waals surface area contributed by atoms with Crippen LogP contribution in [0.4, 0.5) is 15.8 Å². The van der Waals surface area contributed by atoms with Crippen molar-refractivity contribution in [1.29, 1.82) is 0 Å². The van der Waals surface area contributed by atoms with Gasteiger partial charge in [0.2, 0.25) is 0 Å². The van der Waals surface area contributed by atoms with Gasteiger partial charge in [-0.15, -0.1) is 0 Å². The van der Waals surface area contributed by atoms with Crippen molar-refractivity contribution in [1.82, 2.24) is 9.97 Å². The van der Waals surface area contributed by atoms with E-state index >= 15 is 0 Å². The molecule has 2 heterocycles. The SMILES string of the molecule is Cc1[nH]c2ccc(NC(=O)c3ccccc3)cc2c1[C@H](Nc1ccccc1F)c1ccccn1. The number of hydrogen-bond acceptors (Lipinski definition) is 3. The van der Waals surface area contributed by atoms with Gasteiger partial charge in [-0.3, -0.25) is 9.78 Å². The van der Waals surface area contributed by atoms with Gasteiger partial charge in [0.1, 0.15) is 5.82 Å². The molecule has 0 unspecified atom stereocenters. The van der Waals surface area contributed by atoms with E-state index < -0.39 is 6.04 Å². The van der Waals surface area contributed by atoms with Crippen molar-refractivity contribution in [3.05, 3.63) is 126 Å². The number of para-hydroxylation sites is 1. The van der Waals surface area contributed by atoms with E-state index in [1.807, 2.05) is 61.5 Å². The van der Waals surface area contributed by atoms with E-state index in [2.05, 4.69) is 20.6 Å². The summed E-state index contributed by atoms with van der Waals surface area (Å²) in [6.45, 7) is 1.98. The smallest absolute Gasteiger partial charge is 0.255 e. The molecule has 1 atom stereocenters. The number of benzene rings is 3. The topological polar surface area (TPSA) is 69.8 Å². The van der Waals surface area contributed by atoms with Gasteiger partial charge >= 0.3 is 0 Å². The van der Waals surface area contributed by atoms with Gasteiger partial charge in [0.05, 0.1) is 17.4 Å². The van der Waals surface area contributed by atoms with Gasteiger partial charge < -0.3 is 15.6 Å². The lowest BCUT2D eigenvalue weighted by Crippen LogP contribution is -2.15. The number of carbonyl (C=O) groups excluding carboxylic acids is 1. The third-order valence-corrected chi connectivity index (χ3v) is 5.78. The summed E-state index contributed by atoms with van der Waals surface area (Å²) in [6, 6.07) is 26.7. The number of pyridine rings is 1. The first kappa shape index (κ1) is 21.4. The fourth-order valence-electron chi connectivity index (χ4n) is 4.16. The molecule has 2 aromatic heterocycles. The number of carbonyl (C=O) groups is 1. The van der Waals surface area contributed by atoms with Crippen molar-refractivity contribution in [2.45, 2.75) is 13.0 Å². The predicted octanol–water partition coefficient (Wildman–Crippen LogP) is 6.46. The molecule has 0 radical (unpaired) electrons. The van der Waals surface area contributed by atoms with E-state index in [-0.39, 0.29) is 11.7 Å². The first-order chi connectivity index (χ1) is 16.6. The second-order valence-corrected chi connectivity index (χ2v) is 8.06. The van der Waals surface area contributed by atoms with Gasteiger partial charge in [-0.25, -0.2) is 4.39 Å². The lowest BCUT2D eigenvalue weighted by molar-refractivity contribution is 0.102. The lowest BCUT2D eigenvalue weighted by Gasteiger charge is -2.21. The third kappa shape index (κ3) is 4.26. The van der Waals surface area contributed by atoms with Crippen LogP contribution in [0.2, 0.25) is 0 Å². The summed E-state index contributed by atoms with van der Waals surface area (Å²) in [6.07, 6.45) is 1.72. The zero-order valence-corrected chi connectivity index (χ0v) is 18.5. The number of aromatic amines is 1. The van der Waals surface area contributed by atoms with E-state index in [0.29, 0.717) is 16.9 Å².